The minimum atomic E-state index is -0.984. The third kappa shape index (κ3) is 6.02. The Kier molecular flexibility index (Phi) is 7.67. The van der Waals surface area contributed by atoms with Gasteiger partial charge in [-0.05, 0) is 37.1 Å². The summed E-state index contributed by atoms with van der Waals surface area (Å²) in [6, 6.07) is 13.4. The molecule has 1 atom stereocenters. The fourth-order valence-corrected chi connectivity index (χ4v) is 2.60. The summed E-state index contributed by atoms with van der Waals surface area (Å²) in [6.45, 7) is 4.86. The van der Waals surface area contributed by atoms with Gasteiger partial charge in [-0.3, -0.25) is 9.59 Å². The van der Waals surface area contributed by atoms with E-state index in [-0.39, 0.29) is 12.3 Å². The number of rotatable bonds is 10. The second kappa shape index (κ2) is 10.2. The zero-order valence-electron chi connectivity index (χ0n) is 15.6. The summed E-state index contributed by atoms with van der Waals surface area (Å²) in [4.78, 5) is 23.9. The van der Waals surface area contributed by atoms with Crippen molar-refractivity contribution >= 4 is 11.9 Å². The Balaban J connectivity index is 2.21. The smallest absolute Gasteiger partial charge is 0.305 e. The van der Waals surface area contributed by atoms with Gasteiger partial charge in [0.15, 0.2) is 11.5 Å². The molecule has 0 saturated carbocycles. The molecule has 2 rings (SSSR count). The molecule has 1 amide bonds. The molecule has 1 unspecified atom stereocenters. The maximum atomic E-state index is 12.7. The summed E-state index contributed by atoms with van der Waals surface area (Å²) in [5, 5.41) is 12.0. The Morgan fingerprint density at radius 3 is 2.41 bits per heavy atom. The van der Waals surface area contributed by atoms with Crippen molar-refractivity contribution in [1.29, 1.82) is 0 Å². The monoisotopic (exact) mass is 371 g/mol. The molecule has 2 aromatic rings. The number of aliphatic carboxylic acids is 1. The lowest BCUT2D eigenvalue weighted by Gasteiger charge is -2.18. The lowest BCUT2D eigenvalue weighted by Crippen LogP contribution is -2.30. The van der Waals surface area contributed by atoms with Crippen LogP contribution in [0.5, 0.6) is 11.5 Å². The fourth-order valence-electron chi connectivity index (χ4n) is 2.60. The van der Waals surface area contributed by atoms with Crippen LogP contribution in [0.25, 0.3) is 0 Å². The van der Waals surface area contributed by atoms with E-state index in [1.54, 1.807) is 30.3 Å². The van der Waals surface area contributed by atoms with Crippen LogP contribution in [0.15, 0.2) is 48.5 Å². The normalized spacial score (nSPS) is 11.5. The molecule has 0 aliphatic rings. The maximum Gasteiger partial charge on any atom is 0.305 e. The predicted octanol–water partition coefficient (Wildman–Crippen LogP) is 3.82. The van der Waals surface area contributed by atoms with E-state index in [0.717, 1.165) is 12.0 Å². The van der Waals surface area contributed by atoms with Gasteiger partial charge in [0.2, 0.25) is 0 Å². The van der Waals surface area contributed by atoms with Gasteiger partial charge in [0.05, 0.1) is 25.7 Å². The highest BCUT2D eigenvalue weighted by molar-refractivity contribution is 5.95. The zero-order valence-corrected chi connectivity index (χ0v) is 15.6. The SMILES string of the molecule is CCCOc1ccc(C(=O)NC(CC(=O)O)c2ccccc2)cc1OCC. The molecule has 0 fully saturated rings. The molecule has 6 heteroatoms. The third-order valence-electron chi connectivity index (χ3n) is 3.85. The summed E-state index contributed by atoms with van der Waals surface area (Å²) in [5.74, 6) is -0.274. The summed E-state index contributed by atoms with van der Waals surface area (Å²) < 4.78 is 11.2. The first-order valence-corrected chi connectivity index (χ1v) is 9.02. The van der Waals surface area contributed by atoms with Crippen LogP contribution in [0.1, 0.15) is 48.7 Å². The largest absolute Gasteiger partial charge is 0.490 e. The molecule has 0 aliphatic carbocycles. The first-order valence-electron chi connectivity index (χ1n) is 9.02. The zero-order chi connectivity index (χ0) is 19.6. The van der Waals surface area contributed by atoms with Gasteiger partial charge in [-0.2, -0.15) is 0 Å². The lowest BCUT2D eigenvalue weighted by molar-refractivity contribution is -0.137. The number of carboxylic acid groups (broad SMARTS) is 1. The van der Waals surface area contributed by atoms with Gasteiger partial charge in [-0.1, -0.05) is 37.3 Å². The highest BCUT2D eigenvalue weighted by atomic mass is 16.5. The van der Waals surface area contributed by atoms with Gasteiger partial charge in [-0.15, -0.1) is 0 Å². The molecule has 144 valence electrons. The molecule has 0 aromatic heterocycles. The first kappa shape index (κ1) is 20.3. The van der Waals surface area contributed by atoms with Crippen LogP contribution in [0, 0.1) is 0 Å². The van der Waals surface area contributed by atoms with Gasteiger partial charge in [0, 0.05) is 5.56 Å². The topological polar surface area (TPSA) is 84.9 Å². The quantitative estimate of drug-likeness (QED) is 0.663. The van der Waals surface area contributed by atoms with Crippen molar-refractivity contribution in [2.45, 2.75) is 32.7 Å². The van der Waals surface area contributed by atoms with Crippen LogP contribution in [0.4, 0.5) is 0 Å². The molecule has 0 aliphatic heterocycles. The Labute approximate surface area is 159 Å². The number of carbonyl (C=O) groups is 2. The van der Waals surface area contributed by atoms with Crippen LogP contribution in [-0.2, 0) is 4.79 Å². The third-order valence-corrected chi connectivity index (χ3v) is 3.85. The van der Waals surface area contributed by atoms with E-state index in [4.69, 9.17) is 9.47 Å². The van der Waals surface area contributed by atoms with Gasteiger partial charge >= 0.3 is 5.97 Å². The highest BCUT2D eigenvalue weighted by Gasteiger charge is 2.20. The van der Waals surface area contributed by atoms with Crippen LogP contribution in [-0.4, -0.2) is 30.2 Å². The lowest BCUT2D eigenvalue weighted by atomic mass is 10.0. The Hall–Kier alpha value is -3.02. The first-order chi connectivity index (χ1) is 13.0. The van der Waals surface area contributed by atoms with Gasteiger partial charge < -0.3 is 19.9 Å². The second-order valence-corrected chi connectivity index (χ2v) is 5.98. The summed E-state index contributed by atoms with van der Waals surface area (Å²) in [5.41, 5.74) is 1.12. The Bertz CT molecular complexity index is 760. The summed E-state index contributed by atoms with van der Waals surface area (Å²) in [6.07, 6.45) is 0.660. The number of carboxylic acids is 1. The van der Waals surface area contributed by atoms with Gasteiger partial charge in [0.25, 0.3) is 5.91 Å². The van der Waals surface area contributed by atoms with Gasteiger partial charge in [-0.25, -0.2) is 0 Å². The Morgan fingerprint density at radius 2 is 1.78 bits per heavy atom. The van der Waals surface area contributed by atoms with E-state index >= 15 is 0 Å². The molecule has 0 bridgehead atoms. The number of ether oxygens (including phenoxy) is 2. The second-order valence-electron chi connectivity index (χ2n) is 5.98. The van der Waals surface area contributed by atoms with Crippen molar-refractivity contribution in [2.75, 3.05) is 13.2 Å². The van der Waals surface area contributed by atoms with Crippen molar-refractivity contribution in [1.82, 2.24) is 5.32 Å². The van der Waals surface area contributed by atoms with Crippen LogP contribution >= 0.6 is 0 Å². The van der Waals surface area contributed by atoms with E-state index in [1.165, 1.54) is 0 Å². The maximum absolute atomic E-state index is 12.7. The van der Waals surface area contributed by atoms with E-state index < -0.39 is 12.0 Å². The molecule has 0 spiro atoms. The van der Waals surface area contributed by atoms with Crippen molar-refractivity contribution in [3.05, 3.63) is 59.7 Å². The number of benzene rings is 2. The Morgan fingerprint density at radius 1 is 1.04 bits per heavy atom. The van der Waals surface area contributed by atoms with Gasteiger partial charge in [0.1, 0.15) is 0 Å². The number of hydrogen-bond donors (Lipinski definition) is 2. The van der Waals surface area contributed by atoms with Crippen molar-refractivity contribution in [3.63, 3.8) is 0 Å². The molecular weight excluding hydrogens is 346 g/mol. The van der Waals surface area contributed by atoms with E-state index in [9.17, 15) is 14.7 Å². The number of nitrogens with one attached hydrogen (secondary N) is 1. The van der Waals surface area contributed by atoms with Crippen LogP contribution in [0.2, 0.25) is 0 Å². The minimum absolute atomic E-state index is 0.203. The predicted molar refractivity (Wildman–Crippen MR) is 102 cm³/mol. The molecule has 2 N–H and O–H groups in total. The van der Waals surface area contributed by atoms with E-state index in [2.05, 4.69) is 5.32 Å². The molecular formula is C21H25NO5. The number of hydrogen-bond acceptors (Lipinski definition) is 4. The van der Waals surface area contributed by atoms with Crippen molar-refractivity contribution in [2.24, 2.45) is 0 Å². The molecule has 2 aromatic carbocycles. The van der Waals surface area contributed by atoms with Crippen molar-refractivity contribution < 1.29 is 24.2 Å². The summed E-state index contributed by atoms with van der Waals surface area (Å²) in [7, 11) is 0. The van der Waals surface area contributed by atoms with E-state index in [1.807, 2.05) is 32.0 Å². The summed E-state index contributed by atoms with van der Waals surface area (Å²) >= 11 is 0. The van der Waals surface area contributed by atoms with Crippen LogP contribution < -0.4 is 14.8 Å². The minimum Gasteiger partial charge on any atom is -0.490 e. The standard InChI is InChI=1S/C21H25NO5/c1-3-12-27-18-11-10-16(13-19(18)26-4-2)21(25)22-17(14-20(23)24)15-8-6-5-7-9-15/h5-11,13,17H,3-4,12,14H2,1-2H3,(H,22,25)(H,23,24). The molecule has 0 saturated heterocycles. The number of amides is 1. The van der Waals surface area contributed by atoms with Crippen LogP contribution in [0.3, 0.4) is 0 Å². The average Bonchev–Trinajstić information content (AvgIpc) is 2.67. The average molecular weight is 371 g/mol. The molecule has 0 radical (unpaired) electrons. The van der Waals surface area contributed by atoms with Crippen molar-refractivity contribution in [3.8, 4) is 11.5 Å². The molecule has 27 heavy (non-hydrogen) atoms. The van der Waals surface area contributed by atoms with E-state index in [0.29, 0.717) is 30.3 Å². The molecule has 6 nitrogen and oxygen atoms in total. The molecule has 0 heterocycles. The highest BCUT2D eigenvalue weighted by Crippen LogP contribution is 2.29. The number of carbonyl (C=O) groups excluding carboxylic acids is 1. The fraction of sp³-hybridized carbons (Fsp3) is 0.333.